The van der Waals surface area contributed by atoms with Crippen molar-refractivity contribution in [3.05, 3.63) is 22.7 Å². The van der Waals surface area contributed by atoms with E-state index in [4.69, 9.17) is 5.73 Å². The number of anilines is 1. The monoisotopic (exact) mass is 304 g/mol. The number of carbonyl (C=O) groups is 2. The minimum absolute atomic E-state index is 0.0823. The first-order valence-electron chi connectivity index (χ1n) is 6.78. The van der Waals surface area contributed by atoms with Crippen LogP contribution in [0.4, 0.5) is 5.69 Å². The second-order valence-corrected chi connectivity index (χ2v) is 6.08. The van der Waals surface area contributed by atoms with Crippen molar-refractivity contribution in [1.29, 1.82) is 0 Å². The first-order valence-corrected chi connectivity index (χ1v) is 7.59. The number of rotatable bonds is 1. The lowest BCUT2D eigenvalue weighted by Gasteiger charge is -2.18. The minimum Gasteiger partial charge on any atom is -0.397 e. The summed E-state index contributed by atoms with van der Waals surface area (Å²) in [5, 5.41) is 3.56. The van der Waals surface area contributed by atoms with E-state index in [0.29, 0.717) is 23.7 Å². The fraction of sp³-hybridized carbons (Fsp3) is 0.357. The standard InChI is InChI=1S/C14H16N4O2S/c1-8-3-4-9-11(15)12(21-13(9)17-8)14(20)18-6-2-5-16-10(19)7-18/h3-4H,2,5-7,15H2,1H3,(H,16,19). The van der Waals surface area contributed by atoms with Crippen molar-refractivity contribution < 1.29 is 9.59 Å². The Hall–Kier alpha value is -2.15. The van der Waals surface area contributed by atoms with E-state index in [2.05, 4.69) is 10.3 Å². The van der Waals surface area contributed by atoms with E-state index in [1.807, 2.05) is 19.1 Å². The van der Waals surface area contributed by atoms with E-state index < -0.39 is 0 Å². The number of nitrogen functional groups attached to an aromatic ring is 1. The number of carbonyl (C=O) groups excluding carboxylic acids is 2. The molecule has 0 aliphatic carbocycles. The molecule has 0 radical (unpaired) electrons. The van der Waals surface area contributed by atoms with Crippen molar-refractivity contribution >= 4 is 39.1 Å². The van der Waals surface area contributed by atoms with Crippen molar-refractivity contribution in [3.63, 3.8) is 0 Å². The quantitative estimate of drug-likeness (QED) is 0.827. The van der Waals surface area contributed by atoms with Crippen LogP contribution in [0.25, 0.3) is 10.2 Å². The summed E-state index contributed by atoms with van der Waals surface area (Å²) in [6.45, 7) is 3.14. The maximum atomic E-state index is 12.6. The molecule has 7 heteroatoms. The summed E-state index contributed by atoms with van der Waals surface area (Å²) in [5.74, 6) is -0.320. The third kappa shape index (κ3) is 2.56. The average molecular weight is 304 g/mol. The first-order chi connectivity index (χ1) is 10.1. The molecule has 0 saturated carbocycles. The summed E-state index contributed by atoms with van der Waals surface area (Å²) in [7, 11) is 0. The van der Waals surface area contributed by atoms with Crippen molar-refractivity contribution in [2.45, 2.75) is 13.3 Å². The molecule has 6 nitrogen and oxygen atoms in total. The number of amides is 2. The molecule has 2 aromatic heterocycles. The van der Waals surface area contributed by atoms with Crippen molar-refractivity contribution in [3.8, 4) is 0 Å². The van der Waals surface area contributed by atoms with E-state index in [0.717, 1.165) is 22.3 Å². The van der Waals surface area contributed by atoms with Gasteiger partial charge in [-0.1, -0.05) is 0 Å². The van der Waals surface area contributed by atoms with Crippen LogP contribution < -0.4 is 11.1 Å². The summed E-state index contributed by atoms with van der Waals surface area (Å²) in [5.41, 5.74) is 7.43. The largest absolute Gasteiger partial charge is 0.397 e. The van der Waals surface area contributed by atoms with Crippen molar-refractivity contribution in [2.24, 2.45) is 0 Å². The van der Waals surface area contributed by atoms with Crippen LogP contribution in [0, 0.1) is 6.92 Å². The van der Waals surface area contributed by atoms with E-state index in [1.165, 1.54) is 11.3 Å². The molecule has 0 bridgehead atoms. The van der Waals surface area contributed by atoms with Crippen molar-refractivity contribution in [2.75, 3.05) is 25.4 Å². The minimum atomic E-state index is -0.190. The summed E-state index contributed by atoms with van der Waals surface area (Å²) < 4.78 is 0. The smallest absolute Gasteiger partial charge is 0.266 e. The predicted molar refractivity (Wildman–Crippen MR) is 82.3 cm³/mol. The molecule has 110 valence electrons. The highest BCUT2D eigenvalue weighted by Gasteiger charge is 2.25. The van der Waals surface area contributed by atoms with E-state index in [1.54, 1.807) is 4.90 Å². The molecule has 0 unspecified atom stereocenters. The van der Waals surface area contributed by atoms with Crippen LogP contribution in [0.5, 0.6) is 0 Å². The number of hydrogen-bond acceptors (Lipinski definition) is 5. The number of nitrogens with one attached hydrogen (secondary N) is 1. The van der Waals surface area contributed by atoms with Gasteiger partial charge in [0.25, 0.3) is 5.91 Å². The van der Waals surface area contributed by atoms with Crippen LogP contribution >= 0.6 is 11.3 Å². The Morgan fingerprint density at radius 2 is 2.29 bits per heavy atom. The Morgan fingerprint density at radius 3 is 3.10 bits per heavy atom. The molecule has 3 rings (SSSR count). The van der Waals surface area contributed by atoms with E-state index in [-0.39, 0.29) is 18.4 Å². The molecule has 0 spiro atoms. The third-order valence-electron chi connectivity index (χ3n) is 3.48. The zero-order chi connectivity index (χ0) is 15.0. The first kappa shape index (κ1) is 13.8. The number of thiophene rings is 1. The van der Waals surface area contributed by atoms with Gasteiger partial charge in [-0.3, -0.25) is 9.59 Å². The summed E-state index contributed by atoms with van der Waals surface area (Å²) in [6.07, 6.45) is 0.750. The molecule has 21 heavy (non-hydrogen) atoms. The van der Waals surface area contributed by atoms with Crippen LogP contribution in [0.1, 0.15) is 21.8 Å². The average Bonchev–Trinajstić information content (AvgIpc) is 2.63. The summed E-state index contributed by atoms with van der Waals surface area (Å²) in [4.78, 5) is 31.4. The Kier molecular flexibility index (Phi) is 3.50. The van der Waals surface area contributed by atoms with E-state index >= 15 is 0 Å². The number of aromatic nitrogens is 1. The van der Waals surface area contributed by atoms with Gasteiger partial charge in [-0.15, -0.1) is 11.3 Å². The van der Waals surface area contributed by atoms with Gasteiger partial charge in [0.1, 0.15) is 9.71 Å². The van der Waals surface area contributed by atoms with Crippen LogP contribution in [0.3, 0.4) is 0 Å². The Bertz CT molecular complexity index is 725. The Balaban J connectivity index is 1.97. The van der Waals surface area contributed by atoms with Crippen LogP contribution in [-0.2, 0) is 4.79 Å². The van der Waals surface area contributed by atoms with Gasteiger partial charge >= 0.3 is 0 Å². The van der Waals surface area contributed by atoms with Gasteiger partial charge in [0.15, 0.2) is 0 Å². The zero-order valence-corrected chi connectivity index (χ0v) is 12.5. The molecular formula is C14H16N4O2S. The lowest BCUT2D eigenvalue weighted by atomic mass is 10.2. The fourth-order valence-corrected chi connectivity index (χ4v) is 3.48. The van der Waals surface area contributed by atoms with Gasteiger partial charge < -0.3 is 16.0 Å². The molecule has 3 heterocycles. The zero-order valence-electron chi connectivity index (χ0n) is 11.7. The number of aryl methyl sites for hydroxylation is 1. The number of nitrogens with zero attached hydrogens (tertiary/aromatic N) is 2. The summed E-state index contributed by atoms with van der Waals surface area (Å²) in [6, 6.07) is 3.76. The topological polar surface area (TPSA) is 88.3 Å². The van der Waals surface area contributed by atoms with Crippen LogP contribution in [-0.4, -0.2) is 41.3 Å². The molecule has 1 aliphatic rings. The highest BCUT2D eigenvalue weighted by Crippen LogP contribution is 2.33. The second-order valence-electron chi connectivity index (χ2n) is 5.08. The molecule has 0 atom stereocenters. The van der Waals surface area contributed by atoms with Crippen LogP contribution in [0.2, 0.25) is 0 Å². The Labute approximate surface area is 125 Å². The van der Waals surface area contributed by atoms with Gasteiger partial charge in [-0.05, 0) is 25.5 Å². The van der Waals surface area contributed by atoms with Gasteiger partial charge in [0, 0.05) is 24.2 Å². The maximum absolute atomic E-state index is 12.6. The highest BCUT2D eigenvalue weighted by molar-refractivity contribution is 7.21. The lowest BCUT2D eigenvalue weighted by Crippen LogP contribution is -2.37. The highest BCUT2D eigenvalue weighted by atomic mass is 32.1. The van der Waals surface area contributed by atoms with Crippen molar-refractivity contribution in [1.82, 2.24) is 15.2 Å². The molecule has 2 amide bonds. The molecule has 1 fully saturated rings. The van der Waals surface area contributed by atoms with E-state index in [9.17, 15) is 9.59 Å². The number of hydrogen-bond donors (Lipinski definition) is 2. The molecule has 1 aliphatic heterocycles. The fourth-order valence-electron chi connectivity index (χ4n) is 2.37. The second kappa shape index (κ2) is 5.33. The lowest BCUT2D eigenvalue weighted by molar-refractivity contribution is -0.121. The molecule has 0 aromatic carbocycles. The number of nitrogens with two attached hydrogens (primary N) is 1. The van der Waals surface area contributed by atoms with Gasteiger partial charge in [-0.2, -0.15) is 0 Å². The predicted octanol–water partition coefficient (Wildman–Crippen LogP) is 1.15. The van der Waals surface area contributed by atoms with Gasteiger partial charge in [0.05, 0.1) is 12.2 Å². The maximum Gasteiger partial charge on any atom is 0.266 e. The number of fused-ring (bicyclic) bond motifs is 1. The summed E-state index contributed by atoms with van der Waals surface area (Å²) >= 11 is 1.29. The third-order valence-corrected chi connectivity index (χ3v) is 4.58. The van der Waals surface area contributed by atoms with Crippen LogP contribution in [0.15, 0.2) is 12.1 Å². The normalized spacial score (nSPS) is 15.9. The molecular weight excluding hydrogens is 288 g/mol. The molecule has 2 aromatic rings. The molecule has 3 N–H and O–H groups in total. The van der Waals surface area contributed by atoms with Gasteiger partial charge in [0.2, 0.25) is 5.91 Å². The number of pyridine rings is 1. The SMILES string of the molecule is Cc1ccc2c(N)c(C(=O)N3CCCNC(=O)C3)sc2n1. The molecule has 1 saturated heterocycles. The Morgan fingerprint density at radius 1 is 1.48 bits per heavy atom. The van der Waals surface area contributed by atoms with Gasteiger partial charge in [-0.25, -0.2) is 4.98 Å².